The molecule has 0 atom stereocenters. The summed E-state index contributed by atoms with van der Waals surface area (Å²) in [5.41, 5.74) is 9.00. The lowest BCUT2D eigenvalue weighted by molar-refractivity contribution is -0.132. The van der Waals surface area contributed by atoms with Crippen LogP contribution in [-0.2, 0) is 6.42 Å². The van der Waals surface area contributed by atoms with Gasteiger partial charge in [-0.05, 0) is 111 Å². The average molecular weight is 963 g/mol. The van der Waals surface area contributed by atoms with E-state index in [9.17, 15) is 40.3 Å². The summed E-state index contributed by atoms with van der Waals surface area (Å²) in [6.07, 6.45) is -3.08. The SMILES string of the molecule is Cc1cc(-c2cnc3c(NCCC(F)(F)F)cc(Cl)nn23)ccc1C(=O)NC1CC1.Cc1cc(F)cc(Cc2cc(NCCC(F)(F)F)c3ncc(-c4ccc(C(=O)NC5CC5)c(C)c4)n3n2)c1. The molecule has 4 aromatic heterocycles. The highest BCUT2D eigenvalue weighted by molar-refractivity contribution is 6.29. The van der Waals surface area contributed by atoms with Gasteiger partial charge < -0.3 is 21.3 Å². The van der Waals surface area contributed by atoms with Crippen LogP contribution in [0.15, 0.2) is 79.1 Å². The van der Waals surface area contributed by atoms with Crippen LogP contribution in [0.1, 0.15) is 87.2 Å². The summed E-state index contributed by atoms with van der Waals surface area (Å²) in [7, 11) is 0. The summed E-state index contributed by atoms with van der Waals surface area (Å²) in [6, 6.07) is 19.1. The highest BCUT2D eigenvalue weighted by atomic mass is 35.5. The molecular weight excluding hydrogens is 917 g/mol. The summed E-state index contributed by atoms with van der Waals surface area (Å²) in [5.74, 6) is -0.581. The summed E-state index contributed by atoms with van der Waals surface area (Å²) >= 11 is 6.09. The van der Waals surface area contributed by atoms with Gasteiger partial charge in [0.15, 0.2) is 16.4 Å². The number of anilines is 2. The Morgan fingerprint density at radius 2 is 1.15 bits per heavy atom. The number of hydrogen-bond donors (Lipinski definition) is 4. The largest absolute Gasteiger partial charge is 0.390 e. The van der Waals surface area contributed by atoms with Gasteiger partial charge in [-0.15, -0.1) is 0 Å². The van der Waals surface area contributed by atoms with Gasteiger partial charge in [0.2, 0.25) is 0 Å². The first kappa shape index (κ1) is 47.7. The van der Waals surface area contributed by atoms with Gasteiger partial charge in [-0.25, -0.2) is 23.4 Å². The van der Waals surface area contributed by atoms with Crippen molar-refractivity contribution in [3.05, 3.63) is 129 Å². The second-order valence-electron chi connectivity index (χ2n) is 17.1. The van der Waals surface area contributed by atoms with Crippen LogP contribution in [0.5, 0.6) is 0 Å². The summed E-state index contributed by atoms with van der Waals surface area (Å²) in [5, 5.41) is 20.6. The number of nitrogens with one attached hydrogen (secondary N) is 4. The van der Waals surface area contributed by atoms with E-state index in [4.69, 9.17) is 16.7 Å². The fraction of sp³-hybridized carbons (Fsp3) is 0.333. The van der Waals surface area contributed by atoms with E-state index in [0.29, 0.717) is 56.4 Å². The maximum Gasteiger partial charge on any atom is 0.390 e. The molecular formula is C48H46ClF7N10O2. The predicted octanol–water partition coefficient (Wildman–Crippen LogP) is 10.6. The smallest absolute Gasteiger partial charge is 0.382 e. The third-order valence-electron chi connectivity index (χ3n) is 11.2. The second kappa shape index (κ2) is 19.5. The molecule has 0 unspecified atom stereocenters. The van der Waals surface area contributed by atoms with Crippen molar-refractivity contribution in [3.8, 4) is 22.5 Å². The van der Waals surface area contributed by atoms with Gasteiger partial charge in [-0.1, -0.05) is 29.8 Å². The Kier molecular flexibility index (Phi) is 13.7. The Balaban J connectivity index is 0.000000189. The first-order chi connectivity index (χ1) is 32.3. The van der Waals surface area contributed by atoms with Gasteiger partial charge in [0, 0.05) is 59.9 Å². The molecule has 12 nitrogen and oxygen atoms in total. The molecule has 4 N–H and O–H groups in total. The highest BCUT2D eigenvalue weighted by Gasteiger charge is 2.29. The van der Waals surface area contributed by atoms with Crippen LogP contribution >= 0.6 is 11.6 Å². The summed E-state index contributed by atoms with van der Waals surface area (Å²) < 4.78 is 92.8. The minimum absolute atomic E-state index is 0.1000. The van der Waals surface area contributed by atoms with Crippen molar-refractivity contribution < 1.29 is 40.3 Å². The van der Waals surface area contributed by atoms with Crippen LogP contribution in [0.2, 0.25) is 5.15 Å². The van der Waals surface area contributed by atoms with E-state index in [2.05, 4.69) is 36.3 Å². The van der Waals surface area contributed by atoms with Gasteiger partial charge in [-0.2, -0.15) is 36.5 Å². The van der Waals surface area contributed by atoms with E-state index in [0.717, 1.165) is 53.5 Å². The fourth-order valence-electron chi connectivity index (χ4n) is 7.64. The second-order valence-corrected chi connectivity index (χ2v) is 17.5. The lowest BCUT2D eigenvalue weighted by Gasteiger charge is -2.13. The number of carbonyl (C=O) groups is 2. The molecule has 0 spiro atoms. The zero-order chi connectivity index (χ0) is 48.5. The quantitative estimate of drug-likeness (QED) is 0.0790. The van der Waals surface area contributed by atoms with Crippen molar-refractivity contribution in [3.63, 3.8) is 0 Å². The Morgan fingerprint density at radius 1 is 0.662 bits per heavy atom. The maximum atomic E-state index is 14.0. The average Bonchev–Trinajstić information content (AvgIpc) is 4.16. The maximum absolute atomic E-state index is 14.0. The third-order valence-corrected chi connectivity index (χ3v) is 11.4. The lowest BCUT2D eigenvalue weighted by Crippen LogP contribution is -2.26. The Morgan fingerprint density at radius 3 is 1.60 bits per heavy atom. The first-order valence-corrected chi connectivity index (χ1v) is 22.3. The molecule has 0 aliphatic heterocycles. The Hall–Kier alpha value is -6.76. The monoisotopic (exact) mass is 962 g/mol. The number of fused-ring (bicyclic) bond motifs is 2. The van der Waals surface area contributed by atoms with Crippen molar-refractivity contribution >= 4 is 46.1 Å². The molecule has 68 heavy (non-hydrogen) atoms. The van der Waals surface area contributed by atoms with E-state index in [-0.39, 0.29) is 54.4 Å². The summed E-state index contributed by atoms with van der Waals surface area (Å²) in [4.78, 5) is 33.6. The summed E-state index contributed by atoms with van der Waals surface area (Å²) in [6.45, 7) is 4.86. The van der Waals surface area contributed by atoms with E-state index in [1.807, 2.05) is 32.0 Å². The number of imidazole rings is 2. The molecule has 3 aromatic carbocycles. The van der Waals surface area contributed by atoms with Crippen molar-refractivity contribution in [2.75, 3.05) is 23.7 Å². The van der Waals surface area contributed by atoms with Crippen LogP contribution in [-0.4, -0.2) is 78.5 Å². The molecule has 2 aliphatic carbocycles. The zero-order valence-corrected chi connectivity index (χ0v) is 37.8. The number of amides is 2. The number of nitrogens with zero attached hydrogens (tertiary/aromatic N) is 6. The number of aromatic nitrogens is 6. The van der Waals surface area contributed by atoms with Gasteiger partial charge >= 0.3 is 12.4 Å². The van der Waals surface area contributed by atoms with Gasteiger partial charge in [0.1, 0.15) is 5.82 Å². The molecule has 2 saturated carbocycles. The molecule has 20 heteroatoms. The van der Waals surface area contributed by atoms with Crippen LogP contribution in [0.4, 0.5) is 42.1 Å². The number of rotatable bonds is 14. The van der Waals surface area contributed by atoms with Crippen molar-refractivity contribution in [1.82, 2.24) is 39.8 Å². The molecule has 0 radical (unpaired) electrons. The topological polar surface area (TPSA) is 143 Å². The molecule has 4 heterocycles. The number of hydrogen-bond acceptors (Lipinski definition) is 8. The Labute approximate surface area is 390 Å². The van der Waals surface area contributed by atoms with Gasteiger partial charge in [-0.3, -0.25) is 9.59 Å². The molecule has 356 valence electrons. The minimum Gasteiger partial charge on any atom is -0.382 e. The van der Waals surface area contributed by atoms with Crippen LogP contribution in [0, 0.1) is 26.6 Å². The van der Waals surface area contributed by atoms with Gasteiger partial charge in [0.05, 0.1) is 53.7 Å². The highest BCUT2D eigenvalue weighted by Crippen LogP contribution is 2.31. The molecule has 2 aliphatic rings. The number of benzene rings is 3. The fourth-order valence-corrected chi connectivity index (χ4v) is 7.82. The molecule has 0 bridgehead atoms. The molecule has 0 saturated heterocycles. The van der Waals surface area contributed by atoms with E-state index < -0.39 is 25.2 Å². The van der Waals surface area contributed by atoms with Crippen LogP contribution < -0.4 is 21.3 Å². The lowest BCUT2D eigenvalue weighted by atomic mass is 10.0. The molecule has 2 fully saturated rings. The number of halogens is 8. The van der Waals surface area contributed by atoms with Gasteiger partial charge in [0.25, 0.3) is 11.8 Å². The third kappa shape index (κ3) is 12.0. The van der Waals surface area contributed by atoms with Crippen LogP contribution in [0.25, 0.3) is 33.8 Å². The molecule has 7 aromatic rings. The van der Waals surface area contributed by atoms with Crippen molar-refractivity contribution in [2.24, 2.45) is 0 Å². The number of carbonyl (C=O) groups excluding carboxylic acids is 2. The zero-order valence-electron chi connectivity index (χ0n) is 37.0. The Bertz CT molecular complexity index is 2990. The molecule has 9 rings (SSSR count). The molecule has 2 amide bonds. The van der Waals surface area contributed by atoms with Crippen LogP contribution in [0.3, 0.4) is 0 Å². The number of alkyl halides is 6. The predicted molar refractivity (Wildman–Crippen MR) is 245 cm³/mol. The van der Waals surface area contributed by atoms with E-state index >= 15 is 0 Å². The minimum atomic E-state index is -4.30. The normalized spacial score (nSPS) is 13.9. The standard InChI is InChI=1S/C28H27F4N5O.C20H19ClF3N5O/c1-16-9-18(12-20(29)10-16)13-22-14-24(33-8-7-28(30,31)32)26-34-15-25(37(26)36-22)19-3-6-23(17(2)11-19)27(38)35-21-4-5-21;1-11-8-12(2-5-14(11)19(30)27-13-3-4-13)16-10-26-18-15(9-17(21)28-29(16)18)25-7-6-20(22,23)24/h3,6,9-12,14-15,21,33H,4-5,7-8,13H2,1-2H3,(H,35,38);2,5,8-10,13,25H,3-4,6-7H2,1H3,(H,27,30). The van der Waals surface area contributed by atoms with Crippen molar-refractivity contribution in [1.29, 1.82) is 0 Å². The first-order valence-electron chi connectivity index (χ1n) is 21.9. The van der Waals surface area contributed by atoms with E-state index in [1.54, 1.807) is 54.2 Å². The van der Waals surface area contributed by atoms with Crippen molar-refractivity contribution in [2.45, 2.75) is 90.2 Å². The van der Waals surface area contributed by atoms with E-state index in [1.165, 1.54) is 22.7 Å². The number of aryl methyl sites for hydroxylation is 3.